The Hall–Kier alpha value is -1.55. The summed E-state index contributed by atoms with van der Waals surface area (Å²) in [7, 11) is 0. The standard InChI is InChI=1S/C15H21NO3/c1-12-7-8-14(10-17)16(9-12)15(18)19-11-13-5-3-2-4-6-13/h2-6,12,14,17H,7-11H2,1H3. The number of piperidine rings is 1. The molecule has 0 spiro atoms. The average molecular weight is 263 g/mol. The molecule has 2 atom stereocenters. The molecule has 2 unspecified atom stereocenters. The minimum atomic E-state index is -0.325. The molecule has 19 heavy (non-hydrogen) atoms. The van der Waals surface area contributed by atoms with E-state index in [1.807, 2.05) is 30.3 Å². The van der Waals surface area contributed by atoms with Crippen LogP contribution in [0.5, 0.6) is 0 Å². The Morgan fingerprint density at radius 2 is 2.11 bits per heavy atom. The Kier molecular flexibility index (Phi) is 4.80. The third-order valence-corrected chi connectivity index (χ3v) is 3.59. The van der Waals surface area contributed by atoms with Crippen LogP contribution < -0.4 is 0 Å². The second-order valence-corrected chi connectivity index (χ2v) is 5.21. The maximum Gasteiger partial charge on any atom is 0.410 e. The minimum Gasteiger partial charge on any atom is -0.445 e. The maximum absolute atomic E-state index is 12.1. The third-order valence-electron chi connectivity index (χ3n) is 3.59. The molecule has 1 aliphatic heterocycles. The predicted molar refractivity (Wildman–Crippen MR) is 72.6 cm³/mol. The second-order valence-electron chi connectivity index (χ2n) is 5.21. The molecule has 4 heteroatoms. The first kappa shape index (κ1) is 13.9. The van der Waals surface area contributed by atoms with Crippen LogP contribution in [0.25, 0.3) is 0 Å². The van der Waals surface area contributed by atoms with Gasteiger partial charge in [-0.15, -0.1) is 0 Å². The number of benzene rings is 1. The first-order chi connectivity index (χ1) is 9.20. The number of nitrogens with zero attached hydrogens (tertiary/aromatic N) is 1. The molecule has 1 aromatic carbocycles. The van der Waals surface area contributed by atoms with Crippen molar-refractivity contribution >= 4 is 6.09 Å². The molecule has 104 valence electrons. The SMILES string of the molecule is CC1CCC(CO)N(C(=O)OCc2ccccc2)C1. The van der Waals surface area contributed by atoms with E-state index in [9.17, 15) is 9.90 Å². The highest BCUT2D eigenvalue weighted by molar-refractivity contribution is 5.68. The summed E-state index contributed by atoms with van der Waals surface area (Å²) in [4.78, 5) is 13.7. The largest absolute Gasteiger partial charge is 0.445 e. The molecule has 1 amide bonds. The fourth-order valence-electron chi connectivity index (χ4n) is 2.42. The molecule has 1 aromatic rings. The topological polar surface area (TPSA) is 49.8 Å². The van der Waals surface area contributed by atoms with Crippen LogP contribution in [0, 0.1) is 5.92 Å². The van der Waals surface area contributed by atoms with E-state index < -0.39 is 0 Å². The van der Waals surface area contributed by atoms with Crippen LogP contribution in [0.15, 0.2) is 30.3 Å². The van der Waals surface area contributed by atoms with Crippen LogP contribution in [-0.4, -0.2) is 35.3 Å². The fraction of sp³-hybridized carbons (Fsp3) is 0.533. The molecule has 0 radical (unpaired) electrons. The van der Waals surface area contributed by atoms with Gasteiger partial charge in [0.15, 0.2) is 0 Å². The number of aliphatic hydroxyl groups excluding tert-OH is 1. The Morgan fingerprint density at radius 3 is 2.79 bits per heavy atom. The normalized spacial score (nSPS) is 23.2. The van der Waals surface area contributed by atoms with E-state index >= 15 is 0 Å². The maximum atomic E-state index is 12.1. The number of hydrogen-bond acceptors (Lipinski definition) is 3. The fourth-order valence-corrected chi connectivity index (χ4v) is 2.42. The van der Waals surface area contributed by atoms with Crippen molar-refractivity contribution in [2.75, 3.05) is 13.2 Å². The average Bonchev–Trinajstić information content (AvgIpc) is 2.46. The zero-order valence-electron chi connectivity index (χ0n) is 11.3. The molecule has 0 bridgehead atoms. The summed E-state index contributed by atoms with van der Waals surface area (Å²) in [6, 6.07) is 9.52. The number of rotatable bonds is 3. The van der Waals surface area contributed by atoms with Gasteiger partial charge in [-0.3, -0.25) is 0 Å². The van der Waals surface area contributed by atoms with Gasteiger partial charge in [-0.1, -0.05) is 37.3 Å². The predicted octanol–water partition coefficient (Wildman–Crippen LogP) is 2.42. The van der Waals surface area contributed by atoms with Crippen molar-refractivity contribution in [3.63, 3.8) is 0 Å². The summed E-state index contributed by atoms with van der Waals surface area (Å²) in [5.74, 6) is 0.465. The van der Waals surface area contributed by atoms with Gasteiger partial charge in [0.2, 0.25) is 0 Å². The Balaban J connectivity index is 1.90. The highest BCUT2D eigenvalue weighted by Gasteiger charge is 2.30. The van der Waals surface area contributed by atoms with Gasteiger partial charge >= 0.3 is 6.09 Å². The molecule has 1 heterocycles. The van der Waals surface area contributed by atoms with Gasteiger partial charge < -0.3 is 14.7 Å². The number of aliphatic hydroxyl groups is 1. The summed E-state index contributed by atoms with van der Waals surface area (Å²) >= 11 is 0. The van der Waals surface area contributed by atoms with Gasteiger partial charge in [-0.25, -0.2) is 4.79 Å². The Bertz CT molecular complexity index is 407. The molecule has 1 fully saturated rings. The van der Waals surface area contributed by atoms with Crippen LogP contribution in [0.4, 0.5) is 4.79 Å². The summed E-state index contributed by atoms with van der Waals surface area (Å²) in [5.41, 5.74) is 0.974. The van der Waals surface area contributed by atoms with Gasteiger partial charge in [0.1, 0.15) is 6.61 Å². The van der Waals surface area contributed by atoms with Crippen LogP contribution in [0.3, 0.4) is 0 Å². The van der Waals surface area contributed by atoms with Crippen molar-refractivity contribution in [2.45, 2.75) is 32.4 Å². The van der Waals surface area contributed by atoms with Crippen molar-refractivity contribution in [2.24, 2.45) is 5.92 Å². The van der Waals surface area contributed by atoms with E-state index in [1.54, 1.807) is 4.90 Å². The lowest BCUT2D eigenvalue weighted by atomic mass is 9.95. The van der Waals surface area contributed by atoms with Crippen LogP contribution in [0.2, 0.25) is 0 Å². The highest BCUT2D eigenvalue weighted by atomic mass is 16.6. The molecule has 1 saturated heterocycles. The van der Waals surface area contributed by atoms with Crippen molar-refractivity contribution < 1.29 is 14.6 Å². The van der Waals surface area contributed by atoms with E-state index in [0.29, 0.717) is 12.5 Å². The molecule has 0 aliphatic carbocycles. The molecule has 1 N–H and O–H groups in total. The number of carbonyl (C=O) groups is 1. The number of ether oxygens (including phenoxy) is 1. The monoisotopic (exact) mass is 263 g/mol. The van der Waals surface area contributed by atoms with E-state index in [0.717, 1.165) is 18.4 Å². The number of hydrogen-bond donors (Lipinski definition) is 1. The van der Waals surface area contributed by atoms with Crippen LogP contribution in [0.1, 0.15) is 25.3 Å². The number of likely N-dealkylation sites (tertiary alicyclic amines) is 1. The molecular formula is C15H21NO3. The van der Waals surface area contributed by atoms with E-state index in [4.69, 9.17) is 4.74 Å². The first-order valence-electron chi connectivity index (χ1n) is 6.79. The van der Waals surface area contributed by atoms with Gasteiger partial charge in [0.25, 0.3) is 0 Å². The lowest BCUT2D eigenvalue weighted by Crippen LogP contribution is -2.48. The van der Waals surface area contributed by atoms with Crippen molar-refractivity contribution in [1.82, 2.24) is 4.90 Å². The number of carbonyl (C=O) groups excluding carboxylic acids is 1. The van der Waals surface area contributed by atoms with Crippen LogP contribution in [-0.2, 0) is 11.3 Å². The van der Waals surface area contributed by atoms with E-state index in [-0.39, 0.29) is 25.3 Å². The number of amides is 1. The van der Waals surface area contributed by atoms with Crippen molar-refractivity contribution in [3.8, 4) is 0 Å². The van der Waals surface area contributed by atoms with Crippen LogP contribution >= 0.6 is 0 Å². The minimum absolute atomic E-state index is 0.00710. The molecule has 1 aliphatic rings. The van der Waals surface area contributed by atoms with Gasteiger partial charge in [0.05, 0.1) is 12.6 Å². The molecule has 0 saturated carbocycles. The highest BCUT2D eigenvalue weighted by Crippen LogP contribution is 2.22. The Labute approximate surface area is 114 Å². The summed E-state index contributed by atoms with van der Waals surface area (Å²) in [6.45, 7) is 3.07. The van der Waals surface area contributed by atoms with Gasteiger partial charge in [-0.05, 0) is 24.3 Å². The molecule has 4 nitrogen and oxygen atoms in total. The quantitative estimate of drug-likeness (QED) is 0.911. The first-order valence-corrected chi connectivity index (χ1v) is 6.79. The lowest BCUT2D eigenvalue weighted by Gasteiger charge is -2.36. The molecule has 2 rings (SSSR count). The van der Waals surface area contributed by atoms with Gasteiger partial charge in [-0.2, -0.15) is 0 Å². The second kappa shape index (κ2) is 6.57. The van der Waals surface area contributed by atoms with E-state index in [1.165, 1.54) is 0 Å². The zero-order valence-corrected chi connectivity index (χ0v) is 11.3. The summed E-state index contributed by atoms with van der Waals surface area (Å²) in [6.07, 6.45) is 1.57. The van der Waals surface area contributed by atoms with Gasteiger partial charge in [0, 0.05) is 6.54 Å². The Morgan fingerprint density at radius 1 is 1.37 bits per heavy atom. The molecule has 0 aromatic heterocycles. The summed E-state index contributed by atoms with van der Waals surface area (Å²) in [5, 5.41) is 9.33. The van der Waals surface area contributed by atoms with E-state index in [2.05, 4.69) is 6.92 Å². The molecular weight excluding hydrogens is 242 g/mol. The zero-order chi connectivity index (χ0) is 13.7. The third kappa shape index (κ3) is 3.70. The summed E-state index contributed by atoms with van der Waals surface area (Å²) < 4.78 is 5.32. The van der Waals surface area contributed by atoms with Crippen molar-refractivity contribution in [1.29, 1.82) is 0 Å². The van der Waals surface area contributed by atoms with Crippen molar-refractivity contribution in [3.05, 3.63) is 35.9 Å². The smallest absolute Gasteiger partial charge is 0.410 e. The lowest BCUT2D eigenvalue weighted by molar-refractivity contribution is 0.0381.